The van der Waals surface area contributed by atoms with Crippen molar-refractivity contribution in [2.24, 2.45) is 0 Å². The smallest absolute Gasteiger partial charge is 0.387 e. The monoisotopic (exact) mass is 872 g/mol. The number of quaternary nitrogens is 1. The molecule has 0 aromatic heterocycles. The number of carbonyl (C=O) groups is 1. The molecule has 0 aromatic carbocycles. The van der Waals surface area contributed by atoms with Crippen molar-refractivity contribution in [2.75, 3.05) is 40.9 Å². The summed E-state index contributed by atoms with van der Waals surface area (Å²) in [6.45, 7) is 4.52. The van der Waals surface area contributed by atoms with E-state index in [0.29, 0.717) is 17.4 Å². The number of unbranched alkanes of at least 4 members (excludes halogenated alkanes) is 15. The molecule has 61 heavy (non-hydrogen) atoms. The van der Waals surface area contributed by atoms with Crippen LogP contribution in [-0.4, -0.2) is 73.4 Å². The highest BCUT2D eigenvalue weighted by molar-refractivity contribution is 7.47. The predicted molar refractivity (Wildman–Crippen MR) is 262 cm³/mol. The van der Waals surface area contributed by atoms with Crippen LogP contribution in [0, 0.1) is 0 Å². The molecule has 0 heterocycles. The SMILES string of the molecule is CC/C=C\C/C=C\C/C=C\C/C=C\C/C=C\C/C=C\C/C=C\CCCCCCCCCCCCCCCC(=O)NC(COP(=O)(O)OCC[N+](C)(C)C)C(O)/C=C/CCCC. The molecule has 3 N–H and O–H groups in total. The number of phosphoric ester groups is 1. The third kappa shape index (κ3) is 45.3. The van der Waals surface area contributed by atoms with E-state index in [9.17, 15) is 19.4 Å². The summed E-state index contributed by atoms with van der Waals surface area (Å²) < 4.78 is 23.3. The molecule has 0 bridgehead atoms. The number of aliphatic hydroxyl groups excluding tert-OH is 1. The van der Waals surface area contributed by atoms with Gasteiger partial charge in [0.2, 0.25) is 5.91 Å². The maximum atomic E-state index is 12.7. The summed E-state index contributed by atoms with van der Waals surface area (Å²) in [5.74, 6) is -0.193. The molecule has 0 spiro atoms. The van der Waals surface area contributed by atoms with Gasteiger partial charge in [0.25, 0.3) is 0 Å². The number of likely N-dealkylation sites (N-methyl/N-ethyl adjacent to an activating group) is 1. The van der Waals surface area contributed by atoms with Crippen LogP contribution in [0.25, 0.3) is 0 Å². The first-order valence-corrected chi connectivity index (χ1v) is 25.6. The number of nitrogens with one attached hydrogen (secondary N) is 1. The molecule has 8 nitrogen and oxygen atoms in total. The van der Waals surface area contributed by atoms with E-state index < -0.39 is 20.0 Å². The van der Waals surface area contributed by atoms with Gasteiger partial charge in [-0.25, -0.2) is 4.57 Å². The Kier molecular flexibility index (Phi) is 40.9. The van der Waals surface area contributed by atoms with E-state index in [4.69, 9.17) is 9.05 Å². The summed E-state index contributed by atoms with van der Waals surface area (Å²) in [5, 5.41) is 13.6. The van der Waals surface area contributed by atoms with E-state index >= 15 is 0 Å². The lowest BCUT2D eigenvalue weighted by Crippen LogP contribution is -2.45. The van der Waals surface area contributed by atoms with Crippen LogP contribution >= 0.6 is 7.82 Å². The Labute approximate surface area is 375 Å². The van der Waals surface area contributed by atoms with Gasteiger partial charge in [-0.15, -0.1) is 0 Å². The first-order valence-electron chi connectivity index (χ1n) is 24.1. The van der Waals surface area contributed by atoms with Crippen molar-refractivity contribution >= 4 is 13.7 Å². The zero-order valence-corrected chi connectivity index (χ0v) is 40.5. The molecule has 0 saturated heterocycles. The van der Waals surface area contributed by atoms with E-state index in [-0.39, 0.29) is 19.1 Å². The topological polar surface area (TPSA) is 105 Å². The number of aliphatic hydroxyl groups is 1. The van der Waals surface area contributed by atoms with Crippen molar-refractivity contribution in [3.63, 3.8) is 0 Å². The van der Waals surface area contributed by atoms with Gasteiger partial charge in [0.05, 0.1) is 39.9 Å². The van der Waals surface area contributed by atoms with Gasteiger partial charge in [0.1, 0.15) is 13.2 Å². The van der Waals surface area contributed by atoms with Gasteiger partial charge in [-0.05, 0) is 70.6 Å². The quantitative estimate of drug-likeness (QED) is 0.0244. The van der Waals surface area contributed by atoms with Gasteiger partial charge < -0.3 is 19.8 Å². The van der Waals surface area contributed by atoms with E-state index in [1.54, 1.807) is 6.08 Å². The molecule has 350 valence electrons. The zero-order chi connectivity index (χ0) is 45.0. The number of nitrogens with zero attached hydrogens (tertiary/aromatic N) is 1. The normalized spacial score (nSPS) is 15.1. The third-order valence-corrected chi connectivity index (χ3v) is 11.0. The highest BCUT2D eigenvalue weighted by Gasteiger charge is 2.27. The lowest BCUT2D eigenvalue weighted by molar-refractivity contribution is -0.870. The fraction of sp³-hybridized carbons (Fsp3) is 0.673. The molecular weight excluding hydrogens is 780 g/mol. The number of rotatable bonds is 42. The van der Waals surface area contributed by atoms with Crippen LogP contribution in [0.1, 0.15) is 174 Å². The van der Waals surface area contributed by atoms with Crippen LogP contribution in [0.3, 0.4) is 0 Å². The molecule has 3 atom stereocenters. The van der Waals surface area contributed by atoms with E-state index in [2.05, 4.69) is 104 Å². The van der Waals surface area contributed by atoms with Crippen molar-refractivity contribution in [3.8, 4) is 0 Å². The molecule has 1 amide bonds. The van der Waals surface area contributed by atoms with Crippen LogP contribution in [0.2, 0.25) is 0 Å². The molecule has 0 aromatic rings. The summed E-state index contributed by atoms with van der Waals surface area (Å²) >= 11 is 0. The minimum Gasteiger partial charge on any atom is -0.387 e. The summed E-state index contributed by atoms with van der Waals surface area (Å²) in [7, 11) is 1.55. The lowest BCUT2D eigenvalue weighted by Gasteiger charge is -2.25. The minimum absolute atomic E-state index is 0.0561. The Morgan fingerprint density at radius 3 is 1.43 bits per heavy atom. The van der Waals surface area contributed by atoms with Crippen molar-refractivity contribution < 1.29 is 32.9 Å². The van der Waals surface area contributed by atoms with Crippen LogP contribution in [0.5, 0.6) is 0 Å². The van der Waals surface area contributed by atoms with Crippen molar-refractivity contribution in [1.29, 1.82) is 0 Å². The van der Waals surface area contributed by atoms with Crippen LogP contribution in [0.15, 0.2) is 97.2 Å². The van der Waals surface area contributed by atoms with Gasteiger partial charge in [0, 0.05) is 6.42 Å². The fourth-order valence-corrected chi connectivity index (χ4v) is 6.98. The second kappa shape index (κ2) is 42.7. The number of hydrogen-bond acceptors (Lipinski definition) is 5. The van der Waals surface area contributed by atoms with Gasteiger partial charge in [-0.2, -0.15) is 0 Å². The molecule has 0 aliphatic rings. The molecule has 0 saturated carbocycles. The maximum absolute atomic E-state index is 12.7. The first kappa shape index (κ1) is 58.4. The average molecular weight is 872 g/mol. The molecule has 0 aliphatic heterocycles. The highest BCUT2D eigenvalue weighted by Crippen LogP contribution is 2.43. The van der Waals surface area contributed by atoms with Crippen LogP contribution in [-0.2, 0) is 18.4 Å². The molecule has 9 heteroatoms. The summed E-state index contributed by atoms with van der Waals surface area (Å²) in [5.41, 5.74) is 0. The summed E-state index contributed by atoms with van der Waals surface area (Å²) in [6, 6.07) is -0.847. The molecule has 0 radical (unpaired) electrons. The van der Waals surface area contributed by atoms with Gasteiger partial charge in [0.15, 0.2) is 0 Å². The standard InChI is InChI=1S/C52H91N2O6P/c1-6-8-10-12-13-14-15-16-17-18-19-20-21-22-23-24-25-26-27-28-29-30-31-32-33-34-35-36-37-38-39-40-41-42-44-46-52(56)53-50(51(55)45-43-11-9-7-2)49-60-61(57,58)59-48-47-54(3,4)5/h8,10,13-14,16-17,19-20,22-23,25-26,28-29,43,45,50-51,55H,6-7,9,11-12,15,18,21,24,27,30-42,44,46-49H2,1-5H3,(H-,53,56,57,58)/p+1/b10-8-,14-13-,17-16-,20-19-,23-22-,26-25-,29-28-,45-43+. The molecule has 3 unspecified atom stereocenters. The molecule has 0 fully saturated rings. The second-order valence-corrected chi connectivity index (χ2v) is 18.6. The van der Waals surface area contributed by atoms with Crippen molar-refractivity contribution in [3.05, 3.63) is 97.2 Å². The van der Waals surface area contributed by atoms with E-state index in [0.717, 1.165) is 83.5 Å². The first-order chi connectivity index (χ1) is 29.5. The number of carbonyl (C=O) groups excluding carboxylic acids is 1. The summed E-state index contributed by atoms with van der Waals surface area (Å²) in [4.78, 5) is 22.9. The Morgan fingerprint density at radius 1 is 0.574 bits per heavy atom. The average Bonchev–Trinajstić information content (AvgIpc) is 3.21. The third-order valence-electron chi connectivity index (χ3n) is 10.1. The van der Waals surface area contributed by atoms with Gasteiger partial charge in [-0.3, -0.25) is 13.8 Å². The highest BCUT2D eigenvalue weighted by atomic mass is 31.2. The number of allylic oxidation sites excluding steroid dienone is 15. The Bertz CT molecular complexity index is 1310. The largest absolute Gasteiger partial charge is 0.472 e. The molecular formula is C52H92N2O6P+. The number of hydrogen-bond donors (Lipinski definition) is 3. The second-order valence-electron chi connectivity index (χ2n) is 17.1. The molecule has 0 aliphatic carbocycles. The van der Waals surface area contributed by atoms with E-state index in [1.165, 1.54) is 70.6 Å². The van der Waals surface area contributed by atoms with Crippen LogP contribution in [0.4, 0.5) is 0 Å². The summed E-state index contributed by atoms with van der Waals surface area (Å²) in [6.07, 6.45) is 61.4. The Balaban J connectivity index is 3.87. The lowest BCUT2D eigenvalue weighted by atomic mass is 10.0. The minimum atomic E-state index is -4.32. The number of phosphoric acid groups is 1. The Morgan fingerprint density at radius 2 is 0.984 bits per heavy atom. The van der Waals surface area contributed by atoms with Crippen molar-refractivity contribution in [1.82, 2.24) is 5.32 Å². The number of amides is 1. The van der Waals surface area contributed by atoms with Gasteiger partial charge >= 0.3 is 7.82 Å². The van der Waals surface area contributed by atoms with Crippen LogP contribution < -0.4 is 5.32 Å². The molecule has 0 rings (SSSR count). The fourth-order valence-electron chi connectivity index (χ4n) is 6.24. The van der Waals surface area contributed by atoms with Crippen molar-refractivity contribution in [2.45, 2.75) is 187 Å². The Hall–Kier alpha value is -2.58. The zero-order valence-electron chi connectivity index (χ0n) is 39.6. The predicted octanol–water partition coefficient (Wildman–Crippen LogP) is 13.9. The maximum Gasteiger partial charge on any atom is 0.472 e. The van der Waals surface area contributed by atoms with Gasteiger partial charge in [-0.1, -0.05) is 195 Å². The van der Waals surface area contributed by atoms with E-state index in [1.807, 2.05) is 27.2 Å².